The molecule has 2 atom stereocenters. The van der Waals surface area contributed by atoms with E-state index in [2.05, 4.69) is 5.32 Å². The average molecular weight is 284 g/mol. The normalized spacial score (nSPS) is 22.5. The molecular formula is C13H18ClN3O2. The van der Waals surface area contributed by atoms with Gasteiger partial charge in [0.25, 0.3) is 5.69 Å². The van der Waals surface area contributed by atoms with Crippen LogP contribution in [0.25, 0.3) is 0 Å². The van der Waals surface area contributed by atoms with Gasteiger partial charge in [-0.15, -0.1) is 0 Å². The van der Waals surface area contributed by atoms with E-state index >= 15 is 0 Å². The maximum Gasteiger partial charge on any atom is 0.288 e. The highest BCUT2D eigenvalue weighted by atomic mass is 35.5. The van der Waals surface area contributed by atoms with Gasteiger partial charge in [0.15, 0.2) is 0 Å². The number of benzene rings is 1. The number of nitrogens with one attached hydrogen (secondary N) is 1. The summed E-state index contributed by atoms with van der Waals surface area (Å²) in [6.07, 6.45) is 3.38. The van der Waals surface area contributed by atoms with E-state index in [9.17, 15) is 10.1 Å². The summed E-state index contributed by atoms with van der Waals surface area (Å²) < 4.78 is 0. The van der Waals surface area contributed by atoms with E-state index in [4.69, 9.17) is 17.3 Å². The Labute approximate surface area is 117 Å². The molecule has 1 aromatic carbocycles. The first-order valence-electron chi connectivity index (χ1n) is 6.44. The van der Waals surface area contributed by atoms with Crippen LogP contribution < -0.4 is 11.1 Å². The van der Waals surface area contributed by atoms with Crippen molar-refractivity contribution in [3.8, 4) is 0 Å². The third-order valence-electron chi connectivity index (χ3n) is 3.79. The highest BCUT2D eigenvalue weighted by molar-refractivity contribution is 6.33. The van der Waals surface area contributed by atoms with E-state index < -0.39 is 4.92 Å². The van der Waals surface area contributed by atoms with Gasteiger partial charge >= 0.3 is 0 Å². The first kappa shape index (κ1) is 14.1. The molecule has 6 heteroatoms. The second-order valence-electron chi connectivity index (χ2n) is 5.05. The van der Waals surface area contributed by atoms with Crippen molar-refractivity contribution >= 4 is 23.0 Å². The van der Waals surface area contributed by atoms with Crippen LogP contribution in [0.1, 0.15) is 24.8 Å². The zero-order valence-corrected chi connectivity index (χ0v) is 11.6. The van der Waals surface area contributed by atoms with E-state index in [0.29, 0.717) is 18.5 Å². The van der Waals surface area contributed by atoms with E-state index in [0.717, 1.165) is 24.1 Å². The summed E-state index contributed by atoms with van der Waals surface area (Å²) in [4.78, 5) is 10.4. The molecule has 0 heterocycles. The monoisotopic (exact) mass is 283 g/mol. The number of rotatable bonds is 4. The molecule has 1 fully saturated rings. The molecule has 0 aliphatic heterocycles. The van der Waals surface area contributed by atoms with Crippen LogP contribution in [-0.2, 0) is 0 Å². The molecule has 0 saturated heterocycles. The Bertz CT molecular complexity index is 493. The number of nitrogens with zero attached hydrogens (tertiary/aromatic N) is 1. The van der Waals surface area contributed by atoms with Crippen molar-refractivity contribution in [2.75, 3.05) is 11.9 Å². The second kappa shape index (κ2) is 5.75. The molecule has 0 spiro atoms. The van der Waals surface area contributed by atoms with Gasteiger partial charge in [0, 0.05) is 17.8 Å². The Kier molecular flexibility index (Phi) is 4.27. The lowest BCUT2D eigenvalue weighted by atomic mass is 10.0. The minimum atomic E-state index is -0.461. The maximum atomic E-state index is 10.8. The molecule has 1 aliphatic carbocycles. The molecule has 0 radical (unpaired) electrons. The Morgan fingerprint density at radius 3 is 2.89 bits per heavy atom. The van der Waals surface area contributed by atoms with E-state index in [1.54, 1.807) is 6.07 Å². The van der Waals surface area contributed by atoms with Crippen LogP contribution in [-0.4, -0.2) is 17.5 Å². The molecule has 3 N–H and O–H groups in total. The van der Waals surface area contributed by atoms with Gasteiger partial charge in [0.05, 0.1) is 4.92 Å². The molecule has 104 valence electrons. The van der Waals surface area contributed by atoms with Crippen LogP contribution in [0.4, 0.5) is 11.4 Å². The van der Waals surface area contributed by atoms with Crippen molar-refractivity contribution in [3.05, 3.63) is 32.8 Å². The predicted molar refractivity (Wildman–Crippen MR) is 76.6 cm³/mol. The maximum absolute atomic E-state index is 10.8. The standard InChI is InChI=1S/C13H18ClN3O2/c1-8-5-13(17(18)19)10(14)6-12(8)16-11-4-2-3-9(11)7-15/h5-6,9,11,16H,2-4,7,15H2,1H3. The lowest BCUT2D eigenvalue weighted by Gasteiger charge is -2.22. The summed E-state index contributed by atoms with van der Waals surface area (Å²) in [6, 6.07) is 3.49. The van der Waals surface area contributed by atoms with Gasteiger partial charge in [-0.3, -0.25) is 10.1 Å². The van der Waals surface area contributed by atoms with Crippen LogP contribution in [0.5, 0.6) is 0 Å². The van der Waals surface area contributed by atoms with E-state index in [1.807, 2.05) is 6.92 Å². The van der Waals surface area contributed by atoms with Gasteiger partial charge in [-0.25, -0.2) is 0 Å². The van der Waals surface area contributed by atoms with Gasteiger partial charge in [-0.2, -0.15) is 0 Å². The van der Waals surface area contributed by atoms with Crippen LogP contribution in [0.3, 0.4) is 0 Å². The lowest BCUT2D eigenvalue weighted by molar-refractivity contribution is -0.384. The van der Waals surface area contributed by atoms with Gasteiger partial charge in [-0.1, -0.05) is 18.0 Å². The van der Waals surface area contributed by atoms with Crippen LogP contribution in [0, 0.1) is 23.0 Å². The quantitative estimate of drug-likeness (QED) is 0.657. The van der Waals surface area contributed by atoms with Crippen LogP contribution in [0.2, 0.25) is 5.02 Å². The summed E-state index contributed by atoms with van der Waals surface area (Å²) >= 11 is 5.95. The fourth-order valence-electron chi connectivity index (χ4n) is 2.67. The van der Waals surface area contributed by atoms with Gasteiger partial charge < -0.3 is 11.1 Å². The molecule has 0 amide bonds. The number of nitro benzene ring substituents is 1. The molecule has 1 saturated carbocycles. The molecule has 2 unspecified atom stereocenters. The fourth-order valence-corrected chi connectivity index (χ4v) is 2.90. The smallest absolute Gasteiger partial charge is 0.288 e. The zero-order valence-electron chi connectivity index (χ0n) is 10.9. The Morgan fingerprint density at radius 1 is 1.53 bits per heavy atom. The van der Waals surface area contributed by atoms with Gasteiger partial charge in [0.1, 0.15) is 5.02 Å². The molecule has 5 nitrogen and oxygen atoms in total. The van der Waals surface area contributed by atoms with Crippen LogP contribution >= 0.6 is 11.6 Å². The Balaban J connectivity index is 2.21. The average Bonchev–Trinajstić information content (AvgIpc) is 2.80. The minimum absolute atomic E-state index is 0.0495. The largest absolute Gasteiger partial charge is 0.382 e. The van der Waals surface area contributed by atoms with Gasteiger partial charge in [-0.05, 0) is 43.9 Å². The molecule has 0 bridgehead atoms. The molecule has 0 aromatic heterocycles. The van der Waals surface area contributed by atoms with Crippen molar-refractivity contribution in [1.82, 2.24) is 0 Å². The number of aryl methyl sites for hydroxylation is 1. The highest BCUT2D eigenvalue weighted by Crippen LogP contribution is 2.33. The third-order valence-corrected chi connectivity index (χ3v) is 4.10. The van der Waals surface area contributed by atoms with Crippen molar-refractivity contribution < 1.29 is 4.92 Å². The summed E-state index contributed by atoms with van der Waals surface area (Å²) in [5.74, 6) is 0.466. The first-order chi connectivity index (χ1) is 9.02. The van der Waals surface area contributed by atoms with Gasteiger partial charge in [0.2, 0.25) is 0 Å². The van der Waals surface area contributed by atoms with E-state index in [1.165, 1.54) is 12.5 Å². The first-order valence-corrected chi connectivity index (χ1v) is 6.82. The molecule has 1 aliphatic rings. The topological polar surface area (TPSA) is 81.2 Å². The number of halogens is 1. The number of hydrogen-bond acceptors (Lipinski definition) is 4. The number of hydrogen-bond donors (Lipinski definition) is 2. The Morgan fingerprint density at radius 2 is 2.26 bits per heavy atom. The highest BCUT2D eigenvalue weighted by Gasteiger charge is 2.26. The zero-order chi connectivity index (χ0) is 14.0. The lowest BCUT2D eigenvalue weighted by Crippen LogP contribution is -2.29. The predicted octanol–water partition coefficient (Wildman–Crippen LogP) is 3.10. The van der Waals surface area contributed by atoms with E-state index in [-0.39, 0.29) is 10.7 Å². The molecule has 1 aromatic rings. The van der Waals surface area contributed by atoms with Crippen molar-refractivity contribution in [2.24, 2.45) is 11.7 Å². The Hall–Kier alpha value is -1.33. The second-order valence-corrected chi connectivity index (χ2v) is 5.46. The molecular weight excluding hydrogens is 266 g/mol. The fraction of sp³-hybridized carbons (Fsp3) is 0.538. The minimum Gasteiger partial charge on any atom is -0.382 e. The summed E-state index contributed by atoms with van der Waals surface area (Å²) in [5.41, 5.74) is 7.40. The summed E-state index contributed by atoms with van der Waals surface area (Å²) in [5, 5.41) is 14.4. The number of nitrogens with two attached hydrogens (primary N) is 1. The van der Waals surface area contributed by atoms with Crippen LogP contribution in [0.15, 0.2) is 12.1 Å². The summed E-state index contributed by atoms with van der Waals surface area (Å²) in [7, 11) is 0. The molecule has 19 heavy (non-hydrogen) atoms. The number of anilines is 1. The summed E-state index contributed by atoms with van der Waals surface area (Å²) in [6.45, 7) is 2.51. The number of nitro groups is 1. The molecule has 2 rings (SSSR count). The van der Waals surface area contributed by atoms with Crippen molar-refractivity contribution in [2.45, 2.75) is 32.2 Å². The SMILES string of the molecule is Cc1cc([N+](=O)[O-])c(Cl)cc1NC1CCCC1CN. The van der Waals surface area contributed by atoms with Crippen molar-refractivity contribution in [3.63, 3.8) is 0 Å². The van der Waals surface area contributed by atoms with Crippen molar-refractivity contribution in [1.29, 1.82) is 0 Å². The third kappa shape index (κ3) is 2.98.